The van der Waals surface area contributed by atoms with Crippen molar-refractivity contribution >= 4 is 46.8 Å². The van der Waals surface area contributed by atoms with Crippen molar-refractivity contribution in [2.24, 2.45) is 0 Å². The lowest BCUT2D eigenvalue weighted by molar-refractivity contribution is -0.119. The van der Waals surface area contributed by atoms with Crippen molar-refractivity contribution < 1.29 is 9.59 Å². The molecule has 3 rings (SSSR count). The van der Waals surface area contributed by atoms with Gasteiger partial charge < -0.3 is 15.2 Å². The fraction of sp³-hybridized carbons (Fsp3) is 0.429. The van der Waals surface area contributed by atoms with Crippen LogP contribution in [0.4, 0.5) is 0 Å². The maximum absolute atomic E-state index is 12.6. The maximum Gasteiger partial charge on any atom is 0.253 e. The third-order valence-corrected chi connectivity index (χ3v) is 6.53. The van der Waals surface area contributed by atoms with Crippen molar-refractivity contribution in [3.8, 4) is 0 Å². The molecule has 2 amide bonds. The number of allylic oxidation sites excluding steroid dienone is 1. The third kappa shape index (κ3) is 6.24. The number of amides is 2. The molecule has 2 N–H and O–H groups in total. The number of nitrogens with zero attached hydrogens (tertiary/aromatic N) is 3. The molecule has 1 aliphatic rings. The molecule has 1 aliphatic carbocycles. The number of nitrogens with one attached hydrogen (secondary N) is 2. The average Bonchev–Trinajstić information content (AvgIpc) is 3.36. The number of aromatic nitrogens is 3. The Balaban J connectivity index is 1.66. The number of rotatable bonds is 9. The first-order valence-electron chi connectivity index (χ1n) is 10.1. The van der Waals surface area contributed by atoms with E-state index in [9.17, 15) is 9.59 Å². The summed E-state index contributed by atoms with van der Waals surface area (Å²) in [6, 6.07) is 4.55. The van der Waals surface area contributed by atoms with Gasteiger partial charge >= 0.3 is 0 Å². The molecule has 0 aliphatic heterocycles. The van der Waals surface area contributed by atoms with Gasteiger partial charge in [0, 0.05) is 17.6 Å². The lowest BCUT2D eigenvalue weighted by Crippen LogP contribution is -2.33. The zero-order valence-electron chi connectivity index (χ0n) is 17.2. The van der Waals surface area contributed by atoms with Gasteiger partial charge in [-0.2, -0.15) is 0 Å². The first-order chi connectivity index (χ1) is 14.9. The van der Waals surface area contributed by atoms with Crippen LogP contribution in [0.25, 0.3) is 0 Å². The number of carbonyl (C=O) groups is 2. The van der Waals surface area contributed by atoms with Crippen LogP contribution in [0.1, 0.15) is 54.8 Å². The number of thioether (sulfide) groups is 1. The predicted octanol–water partition coefficient (Wildman–Crippen LogP) is 4.41. The van der Waals surface area contributed by atoms with E-state index in [0.29, 0.717) is 28.1 Å². The zero-order chi connectivity index (χ0) is 22.4. The molecule has 1 aromatic heterocycles. The topological polar surface area (TPSA) is 88.9 Å². The van der Waals surface area contributed by atoms with Gasteiger partial charge in [-0.25, -0.2) is 0 Å². The van der Waals surface area contributed by atoms with Crippen LogP contribution >= 0.6 is 35.0 Å². The van der Waals surface area contributed by atoms with E-state index in [1.807, 2.05) is 11.5 Å². The van der Waals surface area contributed by atoms with E-state index in [1.54, 1.807) is 18.2 Å². The molecule has 1 atom stereocenters. The molecule has 1 saturated carbocycles. The number of benzene rings is 1. The van der Waals surface area contributed by atoms with Gasteiger partial charge in [0.15, 0.2) is 11.0 Å². The highest BCUT2D eigenvalue weighted by Gasteiger charge is 2.22. The Morgan fingerprint density at radius 2 is 2.06 bits per heavy atom. The first-order valence-corrected chi connectivity index (χ1v) is 11.8. The number of hydrogen-bond acceptors (Lipinski definition) is 5. The normalized spacial score (nSPS) is 14.9. The van der Waals surface area contributed by atoms with E-state index < -0.39 is 6.04 Å². The molecule has 1 aromatic carbocycles. The summed E-state index contributed by atoms with van der Waals surface area (Å²) in [4.78, 5) is 24.9. The van der Waals surface area contributed by atoms with Crippen molar-refractivity contribution in [2.75, 3.05) is 5.75 Å². The van der Waals surface area contributed by atoms with Crippen LogP contribution in [0.3, 0.4) is 0 Å². The highest BCUT2D eigenvalue weighted by Crippen LogP contribution is 2.24. The Morgan fingerprint density at radius 1 is 1.32 bits per heavy atom. The summed E-state index contributed by atoms with van der Waals surface area (Å²) in [6.45, 7) is 6.05. The fourth-order valence-corrected chi connectivity index (χ4v) is 4.77. The number of carbonyl (C=O) groups excluding carboxylic acids is 2. The van der Waals surface area contributed by atoms with Crippen molar-refractivity contribution in [1.29, 1.82) is 0 Å². The molecule has 10 heteroatoms. The molecule has 0 bridgehead atoms. The molecule has 1 heterocycles. The zero-order valence-corrected chi connectivity index (χ0v) is 19.6. The molecule has 0 saturated heterocycles. The molecule has 0 spiro atoms. The monoisotopic (exact) mass is 481 g/mol. The largest absolute Gasteiger partial charge is 0.353 e. The van der Waals surface area contributed by atoms with Crippen LogP contribution in [-0.2, 0) is 11.3 Å². The summed E-state index contributed by atoms with van der Waals surface area (Å²) in [5.74, 6) is 0.474. The van der Waals surface area contributed by atoms with E-state index in [-0.39, 0.29) is 28.6 Å². The molecular weight excluding hydrogens is 457 g/mol. The number of halogens is 2. The van der Waals surface area contributed by atoms with Crippen LogP contribution in [0.5, 0.6) is 0 Å². The maximum atomic E-state index is 12.6. The van der Waals surface area contributed by atoms with Gasteiger partial charge in [0.05, 0.1) is 22.4 Å². The van der Waals surface area contributed by atoms with Gasteiger partial charge in [0.2, 0.25) is 5.91 Å². The SMILES string of the molecule is C=CCn1c(SCC(=O)NC2CCCC2)nnc1[C@@H](C)NC(=O)c1ccc(Cl)cc1Cl. The summed E-state index contributed by atoms with van der Waals surface area (Å²) in [5, 5.41) is 15.7. The smallest absolute Gasteiger partial charge is 0.253 e. The van der Waals surface area contributed by atoms with Crippen LogP contribution in [0, 0.1) is 0 Å². The van der Waals surface area contributed by atoms with Crippen LogP contribution in [0.15, 0.2) is 36.0 Å². The van der Waals surface area contributed by atoms with Gasteiger partial charge in [-0.1, -0.05) is 53.9 Å². The van der Waals surface area contributed by atoms with E-state index in [2.05, 4.69) is 27.4 Å². The summed E-state index contributed by atoms with van der Waals surface area (Å²) in [6.07, 6.45) is 6.14. The van der Waals surface area contributed by atoms with Crippen molar-refractivity contribution in [3.63, 3.8) is 0 Å². The molecule has 7 nitrogen and oxygen atoms in total. The Labute approximate surface area is 196 Å². The first kappa shape index (κ1) is 23.6. The molecule has 31 heavy (non-hydrogen) atoms. The van der Waals surface area contributed by atoms with Gasteiger partial charge in [0.25, 0.3) is 5.91 Å². The minimum absolute atomic E-state index is 0.00895. The molecule has 166 valence electrons. The molecule has 2 aromatic rings. The third-order valence-electron chi connectivity index (χ3n) is 5.02. The van der Waals surface area contributed by atoms with E-state index >= 15 is 0 Å². The molecule has 1 fully saturated rings. The standard InChI is InChI=1S/C21H25Cl2N5O2S/c1-3-10-28-19(13(2)24-20(30)16-9-8-14(22)11-17(16)23)26-27-21(28)31-12-18(29)25-15-6-4-5-7-15/h3,8-9,11,13,15H,1,4-7,10,12H2,2H3,(H,24,30)(H,25,29)/t13-/m1/s1. The molecular formula is C21H25Cl2N5O2S. The molecule has 0 unspecified atom stereocenters. The highest BCUT2D eigenvalue weighted by molar-refractivity contribution is 7.99. The van der Waals surface area contributed by atoms with Crippen molar-refractivity contribution in [2.45, 2.75) is 56.4 Å². The van der Waals surface area contributed by atoms with Crippen molar-refractivity contribution in [1.82, 2.24) is 25.4 Å². The quantitative estimate of drug-likeness (QED) is 0.408. The van der Waals surface area contributed by atoms with E-state index in [1.165, 1.54) is 30.7 Å². The van der Waals surface area contributed by atoms with Gasteiger partial charge in [-0.05, 0) is 38.0 Å². The van der Waals surface area contributed by atoms with Crippen LogP contribution < -0.4 is 10.6 Å². The fourth-order valence-electron chi connectivity index (χ4n) is 3.51. The highest BCUT2D eigenvalue weighted by atomic mass is 35.5. The average molecular weight is 482 g/mol. The van der Waals surface area contributed by atoms with Gasteiger partial charge in [-0.15, -0.1) is 16.8 Å². The predicted molar refractivity (Wildman–Crippen MR) is 124 cm³/mol. The summed E-state index contributed by atoms with van der Waals surface area (Å²) >= 11 is 13.4. The second-order valence-corrected chi connectivity index (χ2v) is 9.18. The summed E-state index contributed by atoms with van der Waals surface area (Å²) < 4.78 is 1.84. The minimum Gasteiger partial charge on any atom is -0.353 e. The number of hydrogen-bond donors (Lipinski definition) is 2. The second-order valence-electron chi connectivity index (χ2n) is 7.40. The van der Waals surface area contributed by atoms with Crippen molar-refractivity contribution in [3.05, 3.63) is 52.3 Å². The Morgan fingerprint density at radius 3 is 2.74 bits per heavy atom. The van der Waals surface area contributed by atoms with E-state index in [4.69, 9.17) is 23.2 Å². The van der Waals surface area contributed by atoms with Gasteiger partial charge in [-0.3, -0.25) is 9.59 Å². The lowest BCUT2D eigenvalue weighted by atomic mass is 10.2. The minimum atomic E-state index is -0.437. The van der Waals surface area contributed by atoms with Crippen LogP contribution in [-0.4, -0.2) is 38.4 Å². The second kappa shape index (κ2) is 11.0. The Bertz CT molecular complexity index is 959. The van der Waals surface area contributed by atoms with E-state index in [0.717, 1.165) is 12.8 Å². The summed E-state index contributed by atoms with van der Waals surface area (Å²) in [7, 11) is 0. The lowest BCUT2D eigenvalue weighted by Gasteiger charge is -2.16. The van der Waals surface area contributed by atoms with Crippen LogP contribution in [0.2, 0.25) is 10.0 Å². The van der Waals surface area contributed by atoms with Gasteiger partial charge in [0.1, 0.15) is 0 Å². The Kier molecular flexibility index (Phi) is 8.40. The Hall–Kier alpha value is -2.03. The summed E-state index contributed by atoms with van der Waals surface area (Å²) in [5.41, 5.74) is 0.325. The molecule has 0 radical (unpaired) electrons.